The lowest BCUT2D eigenvalue weighted by molar-refractivity contribution is 0.0819. The molecule has 1 aromatic rings. The van der Waals surface area contributed by atoms with E-state index in [-0.39, 0.29) is 0 Å². The Balaban J connectivity index is 2.01. The summed E-state index contributed by atoms with van der Waals surface area (Å²) in [5.74, 6) is 0. The van der Waals surface area contributed by atoms with Crippen LogP contribution in [0.2, 0.25) is 0 Å². The summed E-state index contributed by atoms with van der Waals surface area (Å²) in [5.41, 5.74) is 2.66. The third-order valence-electron chi connectivity index (χ3n) is 3.96. The topological polar surface area (TPSA) is 33.7 Å². The van der Waals surface area contributed by atoms with Gasteiger partial charge in [0.1, 0.15) is 0 Å². The van der Waals surface area contributed by atoms with Crippen LogP contribution < -0.4 is 10.2 Å². The molecule has 0 amide bonds. The van der Waals surface area contributed by atoms with Crippen LogP contribution in [0.4, 0.5) is 5.69 Å². The molecule has 0 saturated carbocycles. The first-order valence-electron chi connectivity index (χ1n) is 7.50. The van der Waals surface area contributed by atoms with Crippen LogP contribution in [0.5, 0.6) is 0 Å². The largest absolute Gasteiger partial charge is 0.383 e. The van der Waals surface area contributed by atoms with E-state index in [2.05, 4.69) is 44.3 Å². The Bertz CT molecular complexity index is 434. The maximum absolute atomic E-state index is 5.46. The summed E-state index contributed by atoms with van der Waals surface area (Å²) in [6, 6.07) is 6.53. The van der Waals surface area contributed by atoms with Gasteiger partial charge < -0.3 is 19.7 Å². The number of halogens is 1. The standard InChI is InChI=1S/C16H25BrN2O2/c1-20-10-7-18-12-13-3-4-14(17)11-16(13)19-8-5-15(21-2)6-9-19/h3-4,11,15,18H,5-10,12H2,1-2H3. The fourth-order valence-electron chi connectivity index (χ4n) is 2.71. The summed E-state index contributed by atoms with van der Waals surface area (Å²) in [6.07, 6.45) is 2.61. The van der Waals surface area contributed by atoms with Gasteiger partial charge >= 0.3 is 0 Å². The molecule has 0 unspecified atom stereocenters. The normalized spacial score (nSPS) is 16.4. The zero-order chi connectivity index (χ0) is 15.1. The van der Waals surface area contributed by atoms with E-state index in [1.165, 1.54) is 11.3 Å². The molecule has 0 atom stereocenters. The molecule has 21 heavy (non-hydrogen) atoms. The molecule has 1 N–H and O–H groups in total. The van der Waals surface area contributed by atoms with Crippen molar-refractivity contribution in [3.63, 3.8) is 0 Å². The molecule has 0 radical (unpaired) electrons. The van der Waals surface area contributed by atoms with E-state index in [4.69, 9.17) is 9.47 Å². The third kappa shape index (κ3) is 4.95. The molecule has 2 rings (SSSR count). The monoisotopic (exact) mass is 356 g/mol. The van der Waals surface area contributed by atoms with E-state index < -0.39 is 0 Å². The molecule has 1 fully saturated rings. The predicted octanol–water partition coefficient (Wildman–Crippen LogP) is 2.80. The molecular weight excluding hydrogens is 332 g/mol. The predicted molar refractivity (Wildman–Crippen MR) is 90.0 cm³/mol. The van der Waals surface area contributed by atoms with Crippen molar-refractivity contribution in [2.45, 2.75) is 25.5 Å². The molecule has 4 nitrogen and oxygen atoms in total. The summed E-state index contributed by atoms with van der Waals surface area (Å²) in [6.45, 7) is 4.60. The molecule has 5 heteroatoms. The highest BCUT2D eigenvalue weighted by molar-refractivity contribution is 9.10. The SMILES string of the molecule is COCCNCc1ccc(Br)cc1N1CCC(OC)CC1. The Morgan fingerprint density at radius 3 is 2.71 bits per heavy atom. The number of ether oxygens (including phenoxy) is 2. The number of hydrogen-bond acceptors (Lipinski definition) is 4. The van der Waals surface area contributed by atoms with Gasteiger partial charge in [0, 0.05) is 50.6 Å². The first kappa shape index (κ1) is 16.7. The van der Waals surface area contributed by atoms with Crippen LogP contribution in [-0.4, -0.2) is 46.6 Å². The van der Waals surface area contributed by atoms with E-state index in [1.807, 2.05) is 7.11 Å². The maximum atomic E-state index is 5.46. The first-order valence-corrected chi connectivity index (χ1v) is 8.29. The molecule has 0 spiro atoms. The van der Waals surface area contributed by atoms with E-state index in [1.54, 1.807) is 7.11 Å². The molecule has 0 aromatic heterocycles. The van der Waals surface area contributed by atoms with Gasteiger partial charge in [-0.2, -0.15) is 0 Å². The highest BCUT2D eigenvalue weighted by atomic mass is 79.9. The van der Waals surface area contributed by atoms with Crippen LogP contribution in [0.3, 0.4) is 0 Å². The van der Waals surface area contributed by atoms with Crippen LogP contribution in [0.25, 0.3) is 0 Å². The second kappa shape index (κ2) is 8.73. The van der Waals surface area contributed by atoms with Crippen LogP contribution in [0.15, 0.2) is 22.7 Å². The number of nitrogens with one attached hydrogen (secondary N) is 1. The Hall–Kier alpha value is -0.620. The van der Waals surface area contributed by atoms with Crippen molar-refractivity contribution in [3.8, 4) is 0 Å². The van der Waals surface area contributed by atoms with Crippen molar-refractivity contribution < 1.29 is 9.47 Å². The number of nitrogens with zero attached hydrogens (tertiary/aromatic N) is 1. The van der Waals surface area contributed by atoms with Gasteiger partial charge in [-0.3, -0.25) is 0 Å². The zero-order valence-corrected chi connectivity index (χ0v) is 14.5. The average Bonchev–Trinajstić information content (AvgIpc) is 2.53. The Morgan fingerprint density at radius 2 is 2.05 bits per heavy atom. The van der Waals surface area contributed by atoms with Gasteiger partial charge in [0.05, 0.1) is 12.7 Å². The van der Waals surface area contributed by atoms with Gasteiger partial charge in [0.2, 0.25) is 0 Å². The second-order valence-electron chi connectivity index (χ2n) is 5.36. The minimum Gasteiger partial charge on any atom is -0.383 e. The Morgan fingerprint density at radius 1 is 1.29 bits per heavy atom. The minimum atomic E-state index is 0.414. The number of rotatable bonds is 7. The number of piperidine rings is 1. The second-order valence-corrected chi connectivity index (χ2v) is 6.28. The van der Waals surface area contributed by atoms with Gasteiger partial charge in [-0.05, 0) is 30.5 Å². The van der Waals surface area contributed by atoms with E-state index in [0.717, 1.165) is 50.1 Å². The van der Waals surface area contributed by atoms with Crippen LogP contribution in [0.1, 0.15) is 18.4 Å². The zero-order valence-electron chi connectivity index (χ0n) is 12.9. The van der Waals surface area contributed by atoms with E-state index >= 15 is 0 Å². The molecular formula is C16H25BrN2O2. The number of anilines is 1. The summed E-state index contributed by atoms with van der Waals surface area (Å²) in [4.78, 5) is 2.47. The minimum absolute atomic E-state index is 0.414. The van der Waals surface area contributed by atoms with Crippen molar-refractivity contribution in [1.29, 1.82) is 0 Å². The molecule has 0 bridgehead atoms. The highest BCUT2D eigenvalue weighted by Crippen LogP contribution is 2.28. The smallest absolute Gasteiger partial charge is 0.0605 e. The lowest BCUT2D eigenvalue weighted by Gasteiger charge is -2.34. The van der Waals surface area contributed by atoms with E-state index in [9.17, 15) is 0 Å². The average molecular weight is 357 g/mol. The fourth-order valence-corrected chi connectivity index (χ4v) is 3.06. The Labute approximate surface area is 135 Å². The maximum Gasteiger partial charge on any atom is 0.0605 e. The molecule has 1 aliphatic rings. The van der Waals surface area contributed by atoms with Crippen LogP contribution in [-0.2, 0) is 16.0 Å². The van der Waals surface area contributed by atoms with Crippen molar-refractivity contribution in [2.75, 3.05) is 45.4 Å². The van der Waals surface area contributed by atoms with Gasteiger partial charge in [0.15, 0.2) is 0 Å². The quantitative estimate of drug-likeness (QED) is 0.761. The molecule has 1 saturated heterocycles. The third-order valence-corrected chi connectivity index (χ3v) is 4.46. The van der Waals surface area contributed by atoms with Gasteiger partial charge in [-0.25, -0.2) is 0 Å². The van der Waals surface area contributed by atoms with Crippen LogP contribution >= 0.6 is 15.9 Å². The molecule has 0 aliphatic carbocycles. The van der Waals surface area contributed by atoms with Crippen molar-refractivity contribution in [1.82, 2.24) is 5.32 Å². The summed E-state index contributed by atoms with van der Waals surface area (Å²) >= 11 is 3.59. The van der Waals surface area contributed by atoms with E-state index in [0.29, 0.717) is 6.10 Å². The van der Waals surface area contributed by atoms with Gasteiger partial charge in [0.25, 0.3) is 0 Å². The van der Waals surface area contributed by atoms with Gasteiger partial charge in [-0.1, -0.05) is 22.0 Å². The lowest BCUT2D eigenvalue weighted by atomic mass is 10.0. The van der Waals surface area contributed by atoms with Crippen molar-refractivity contribution in [2.24, 2.45) is 0 Å². The molecule has 1 heterocycles. The number of benzene rings is 1. The number of hydrogen-bond donors (Lipinski definition) is 1. The molecule has 118 valence electrons. The van der Waals surface area contributed by atoms with Gasteiger partial charge in [-0.15, -0.1) is 0 Å². The van der Waals surface area contributed by atoms with Crippen molar-refractivity contribution in [3.05, 3.63) is 28.2 Å². The first-order chi connectivity index (χ1) is 10.2. The van der Waals surface area contributed by atoms with Crippen LogP contribution in [0, 0.1) is 0 Å². The highest BCUT2D eigenvalue weighted by Gasteiger charge is 2.20. The molecule has 1 aliphatic heterocycles. The summed E-state index contributed by atoms with van der Waals surface area (Å²) in [5, 5.41) is 3.43. The lowest BCUT2D eigenvalue weighted by Crippen LogP contribution is -2.37. The number of methoxy groups -OCH3 is 2. The molecule has 1 aromatic carbocycles. The Kier molecular flexibility index (Phi) is 6.96. The summed E-state index contributed by atoms with van der Waals surface area (Å²) < 4.78 is 11.7. The summed E-state index contributed by atoms with van der Waals surface area (Å²) in [7, 11) is 3.54. The van der Waals surface area contributed by atoms with Crippen molar-refractivity contribution >= 4 is 21.6 Å². The fraction of sp³-hybridized carbons (Fsp3) is 0.625.